The van der Waals surface area contributed by atoms with Crippen molar-refractivity contribution < 1.29 is 22.8 Å². The van der Waals surface area contributed by atoms with Gasteiger partial charge in [0.1, 0.15) is 6.54 Å². The minimum atomic E-state index is -3.98. The molecule has 0 radical (unpaired) electrons. The number of fused-ring (bicyclic) bond motifs is 2. The number of carbonyl (C=O) groups excluding carboxylic acids is 3. The topological polar surface area (TPSA) is 118 Å². The number of carbonyl (C=O) groups is 3. The first kappa shape index (κ1) is 19.6. The van der Waals surface area contributed by atoms with Gasteiger partial charge in [0.2, 0.25) is 5.91 Å². The van der Waals surface area contributed by atoms with Crippen LogP contribution in [0.15, 0.2) is 53.6 Å². The van der Waals surface area contributed by atoms with Gasteiger partial charge < -0.3 is 9.47 Å². The van der Waals surface area contributed by atoms with Gasteiger partial charge in [-0.25, -0.2) is 8.42 Å². The fourth-order valence-corrected chi connectivity index (χ4v) is 4.29. The Morgan fingerprint density at radius 3 is 2.50 bits per heavy atom. The molecule has 2 aromatic carbocycles. The van der Waals surface area contributed by atoms with Gasteiger partial charge in [-0.05, 0) is 42.5 Å². The Balaban J connectivity index is 1.61. The quantitative estimate of drug-likeness (QED) is 0.598. The second-order valence-electron chi connectivity index (χ2n) is 7.10. The molecular weight excluding hydrogens is 408 g/mol. The minimum Gasteiger partial charge on any atom is -0.347 e. The van der Waals surface area contributed by atoms with E-state index in [1.165, 1.54) is 23.1 Å². The number of imide groups is 1. The maximum Gasteiger partial charge on any atom is 0.261 e. The molecule has 0 fully saturated rings. The van der Waals surface area contributed by atoms with Gasteiger partial charge in [0, 0.05) is 36.9 Å². The minimum absolute atomic E-state index is 0.0287. The van der Waals surface area contributed by atoms with E-state index in [0.29, 0.717) is 5.69 Å². The summed E-state index contributed by atoms with van der Waals surface area (Å²) in [6.45, 7) is 0.178. The number of benzene rings is 2. The summed E-state index contributed by atoms with van der Waals surface area (Å²) in [6, 6.07) is 10.6. The lowest BCUT2D eigenvalue weighted by atomic mass is 10.1. The average Bonchev–Trinajstić information content (AvgIpc) is 3.21. The molecule has 30 heavy (non-hydrogen) atoms. The van der Waals surface area contributed by atoms with Crippen LogP contribution >= 0.6 is 0 Å². The first-order valence-electron chi connectivity index (χ1n) is 8.97. The molecule has 2 heterocycles. The van der Waals surface area contributed by atoms with E-state index in [-0.39, 0.29) is 28.5 Å². The van der Waals surface area contributed by atoms with Crippen LogP contribution in [0.5, 0.6) is 0 Å². The Kier molecular flexibility index (Phi) is 4.58. The molecule has 154 valence electrons. The molecule has 3 amide bonds. The van der Waals surface area contributed by atoms with Crippen molar-refractivity contribution in [1.29, 1.82) is 0 Å². The zero-order valence-corrected chi connectivity index (χ0v) is 17.0. The molecule has 0 bridgehead atoms. The second kappa shape index (κ2) is 6.99. The zero-order chi connectivity index (χ0) is 21.6. The predicted molar refractivity (Wildman–Crippen MR) is 110 cm³/mol. The molecular formula is C20H18N4O5S. The molecule has 0 atom stereocenters. The van der Waals surface area contributed by atoms with Gasteiger partial charge in [0.05, 0.1) is 16.0 Å². The van der Waals surface area contributed by atoms with Crippen LogP contribution in [0.3, 0.4) is 0 Å². The van der Waals surface area contributed by atoms with Gasteiger partial charge >= 0.3 is 0 Å². The third kappa shape index (κ3) is 3.41. The van der Waals surface area contributed by atoms with Crippen LogP contribution < -0.4 is 10.0 Å². The number of nitrogens with zero attached hydrogens (tertiary/aromatic N) is 2. The van der Waals surface area contributed by atoms with Gasteiger partial charge in [0.25, 0.3) is 21.8 Å². The van der Waals surface area contributed by atoms with Crippen LogP contribution in [-0.4, -0.2) is 49.7 Å². The number of likely N-dealkylation sites (N-methyl/N-ethyl adjacent to an activating group) is 1. The Morgan fingerprint density at radius 2 is 1.77 bits per heavy atom. The van der Waals surface area contributed by atoms with E-state index in [0.717, 1.165) is 10.9 Å². The van der Waals surface area contributed by atoms with E-state index < -0.39 is 21.8 Å². The molecule has 10 heteroatoms. The maximum absolute atomic E-state index is 12.8. The molecule has 9 nitrogen and oxygen atoms in total. The van der Waals surface area contributed by atoms with Crippen molar-refractivity contribution in [3.63, 3.8) is 0 Å². The van der Waals surface area contributed by atoms with Crippen LogP contribution in [0, 0.1) is 0 Å². The highest BCUT2D eigenvalue weighted by Crippen LogP contribution is 2.25. The van der Waals surface area contributed by atoms with E-state index >= 15 is 0 Å². The summed E-state index contributed by atoms with van der Waals surface area (Å²) < 4.78 is 29.8. The molecule has 4 rings (SSSR count). The van der Waals surface area contributed by atoms with E-state index in [4.69, 9.17) is 0 Å². The Bertz CT molecular complexity index is 1320. The lowest BCUT2D eigenvalue weighted by Crippen LogP contribution is -2.25. The predicted octanol–water partition coefficient (Wildman–Crippen LogP) is 1.41. The summed E-state index contributed by atoms with van der Waals surface area (Å²) in [6.07, 6.45) is 1.76. The van der Waals surface area contributed by atoms with Gasteiger partial charge in [-0.15, -0.1) is 0 Å². The summed E-state index contributed by atoms with van der Waals surface area (Å²) in [5.41, 5.74) is 1.30. The van der Waals surface area contributed by atoms with Gasteiger partial charge in [-0.2, -0.15) is 0 Å². The van der Waals surface area contributed by atoms with Crippen LogP contribution in [0.2, 0.25) is 0 Å². The van der Waals surface area contributed by atoms with Crippen molar-refractivity contribution in [2.75, 3.05) is 18.8 Å². The van der Waals surface area contributed by atoms with Gasteiger partial charge in [-0.3, -0.25) is 24.4 Å². The summed E-state index contributed by atoms with van der Waals surface area (Å²) in [5, 5.41) is 2.90. The largest absolute Gasteiger partial charge is 0.347 e. The van der Waals surface area contributed by atoms with E-state index in [9.17, 15) is 22.8 Å². The summed E-state index contributed by atoms with van der Waals surface area (Å²) >= 11 is 0. The lowest BCUT2D eigenvalue weighted by Gasteiger charge is -2.12. The number of rotatable bonds is 5. The number of nitrogens with one attached hydrogen (secondary N) is 2. The van der Waals surface area contributed by atoms with Gasteiger partial charge in [0.15, 0.2) is 0 Å². The summed E-state index contributed by atoms with van der Waals surface area (Å²) in [4.78, 5) is 36.8. The van der Waals surface area contributed by atoms with E-state index in [1.807, 2.05) is 0 Å². The molecule has 3 aromatic rings. The number of hydrogen-bond donors (Lipinski definition) is 2. The number of anilines is 1. The highest BCUT2D eigenvalue weighted by atomic mass is 32.2. The van der Waals surface area contributed by atoms with E-state index in [1.54, 1.807) is 49.1 Å². The lowest BCUT2D eigenvalue weighted by molar-refractivity contribution is -0.129. The first-order chi connectivity index (χ1) is 14.2. The van der Waals surface area contributed by atoms with Crippen molar-refractivity contribution in [3.8, 4) is 0 Å². The Morgan fingerprint density at radius 1 is 1.03 bits per heavy atom. The van der Waals surface area contributed by atoms with Crippen LogP contribution in [0.25, 0.3) is 10.9 Å². The Labute approximate surface area is 172 Å². The summed E-state index contributed by atoms with van der Waals surface area (Å²) in [7, 11) is -0.617. The molecule has 0 aliphatic carbocycles. The molecule has 1 aliphatic rings. The highest BCUT2D eigenvalue weighted by Gasteiger charge is 2.28. The third-order valence-corrected chi connectivity index (χ3v) is 6.22. The smallest absolute Gasteiger partial charge is 0.261 e. The van der Waals surface area contributed by atoms with Crippen molar-refractivity contribution in [2.45, 2.75) is 11.4 Å². The van der Waals surface area contributed by atoms with Crippen molar-refractivity contribution in [2.24, 2.45) is 0 Å². The molecule has 0 spiro atoms. The second-order valence-corrected chi connectivity index (χ2v) is 8.78. The maximum atomic E-state index is 12.8. The number of sulfonamides is 1. The number of amides is 3. The van der Waals surface area contributed by atoms with Crippen molar-refractivity contribution in [1.82, 2.24) is 14.8 Å². The fraction of sp³-hybridized carbons (Fsp3) is 0.150. The number of hydrogen-bond acceptors (Lipinski definition) is 5. The first-order valence-corrected chi connectivity index (χ1v) is 10.5. The zero-order valence-electron chi connectivity index (χ0n) is 16.2. The normalized spacial score (nSPS) is 13.3. The molecule has 1 aromatic heterocycles. The third-order valence-electron chi connectivity index (χ3n) is 4.85. The van der Waals surface area contributed by atoms with Crippen LogP contribution in [-0.2, 0) is 21.4 Å². The standard InChI is InChI=1S/C20H18N4O5S/c1-23(2)18(25)11-24-8-7-12-9-13(3-6-17(12)24)22-30(28,29)14-4-5-15-16(10-14)20(27)21-19(15)26/h3-10,22H,11H2,1-2H3,(H,21,26,27). The van der Waals surface area contributed by atoms with Crippen LogP contribution in [0.4, 0.5) is 5.69 Å². The van der Waals surface area contributed by atoms with Crippen molar-refractivity contribution in [3.05, 3.63) is 59.8 Å². The molecule has 0 unspecified atom stereocenters. The molecule has 1 aliphatic heterocycles. The van der Waals surface area contributed by atoms with Crippen molar-refractivity contribution >= 4 is 44.3 Å². The average molecular weight is 426 g/mol. The molecule has 0 saturated heterocycles. The van der Waals surface area contributed by atoms with Crippen LogP contribution in [0.1, 0.15) is 20.7 Å². The number of aromatic nitrogens is 1. The van der Waals surface area contributed by atoms with Gasteiger partial charge in [-0.1, -0.05) is 0 Å². The highest BCUT2D eigenvalue weighted by molar-refractivity contribution is 7.92. The van der Waals surface area contributed by atoms with E-state index in [2.05, 4.69) is 10.0 Å². The fourth-order valence-electron chi connectivity index (χ4n) is 3.22. The molecule has 2 N–H and O–H groups in total. The monoisotopic (exact) mass is 426 g/mol. The summed E-state index contributed by atoms with van der Waals surface area (Å²) in [5.74, 6) is -1.23. The Hall–Kier alpha value is -3.66. The SMILES string of the molecule is CN(C)C(=O)Cn1ccc2cc(NS(=O)(=O)c3ccc4c(c3)C(=O)NC4=O)ccc21. The molecule has 0 saturated carbocycles.